The molecule has 1 rings (SSSR count). The minimum atomic E-state index is 1.33. The number of rotatable bonds is 0. The Hall–Kier alpha value is -1.04. The molecule has 1 aromatic carbocycles. The predicted octanol–water partition coefficient (Wildman–Crippen LogP) is 3.89. The monoisotopic (exact) mass is 162 g/mol. The molecule has 0 heterocycles. The van der Waals surface area contributed by atoms with Gasteiger partial charge in [-0.05, 0) is 27.7 Å². The Morgan fingerprint density at radius 1 is 0.750 bits per heavy atom. The molecular formula is C12H18. The number of hydrogen-bond acceptors (Lipinski definition) is 0. The summed E-state index contributed by atoms with van der Waals surface area (Å²) in [6.45, 7) is 8.19. The molecule has 0 aliphatic rings. The molecule has 0 amide bonds. The first kappa shape index (κ1) is 11.0. The summed E-state index contributed by atoms with van der Waals surface area (Å²) in [6.07, 6.45) is 4.00. The van der Waals surface area contributed by atoms with E-state index in [-0.39, 0.29) is 0 Å². The lowest BCUT2D eigenvalue weighted by Gasteiger charge is -1.90. The van der Waals surface area contributed by atoms with E-state index in [4.69, 9.17) is 0 Å². The molecule has 0 nitrogen and oxygen atoms in total. The molecular weight excluding hydrogens is 144 g/mol. The van der Waals surface area contributed by atoms with Crippen LogP contribution in [-0.2, 0) is 0 Å². The maximum absolute atomic E-state index is 2.12. The van der Waals surface area contributed by atoms with Crippen molar-refractivity contribution in [1.29, 1.82) is 0 Å². The minimum Gasteiger partial charge on any atom is -0.0919 e. The Morgan fingerprint density at radius 3 is 1.17 bits per heavy atom. The lowest BCUT2D eigenvalue weighted by Crippen LogP contribution is -1.70. The van der Waals surface area contributed by atoms with Gasteiger partial charge in [0.15, 0.2) is 0 Å². The van der Waals surface area contributed by atoms with Gasteiger partial charge < -0.3 is 0 Å². The number of hydrogen-bond donors (Lipinski definition) is 0. The van der Waals surface area contributed by atoms with Crippen LogP contribution in [0.25, 0.3) is 0 Å². The van der Waals surface area contributed by atoms with Crippen LogP contribution in [0.3, 0.4) is 0 Å². The Kier molecular flexibility index (Phi) is 6.08. The largest absolute Gasteiger partial charge is 0.0919 e. The average molecular weight is 162 g/mol. The van der Waals surface area contributed by atoms with Crippen molar-refractivity contribution in [3.8, 4) is 0 Å². The van der Waals surface area contributed by atoms with Crippen molar-refractivity contribution in [2.24, 2.45) is 0 Å². The third-order valence-corrected chi connectivity index (χ3v) is 1.55. The molecule has 0 N–H and O–H groups in total. The van der Waals surface area contributed by atoms with Crippen molar-refractivity contribution in [2.75, 3.05) is 0 Å². The molecule has 1 aromatic rings. The second-order valence-electron chi connectivity index (χ2n) is 2.82. The van der Waals surface area contributed by atoms with Gasteiger partial charge in [0.05, 0.1) is 0 Å². The van der Waals surface area contributed by atoms with Crippen LogP contribution in [-0.4, -0.2) is 0 Å². The fourth-order valence-corrected chi connectivity index (χ4v) is 0.637. The molecule has 0 saturated heterocycles. The van der Waals surface area contributed by atoms with E-state index >= 15 is 0 Å². The fourth-order valence-electron chi connectivity index (χ4n) is 0.637. The molecule has 66 valence electrons. The van der Waals surface area contributed by atoms with Crippen LogP contribution in [0.4, 0.5) is 0 Å². The molecule has 0 radical (unpaired) electrons. The van der Waals surface area contributed by atoms with E-state index < -0.39 is 0 Å². The normalized spacial score (nSPS) is 9.33. The van der Waals surface area contributed by atoms with Crippen LogP contribution in [0.5, 0.6) is 0 Å². The van der Waals surface area contributed by atoms with E-state index in [9.17, 15) is 0 Å². The quantitative estimate of drug-likeness (QED) is 0.508. The summed E-state index contributed by atoms with van der Waals surface area (Å²) in [5.74, 6) is 0. The van der Waals surface area contributed by atoms with Gasteiger partial charge in [0, 0.05) is 0 Å². The summed E-state index contributed by atoms with van der Waals surface area (Å²) in [7, 11) is 0. The first-order valence-corrected chi connectivity index (χ1v) is 4.31. The van der Waals surface area contributed by atoms with Crippen molar-refractivity contribution >= 4 is 0 Å². The van der Waals surface area contributed by atoms with E-state index in [1.54, 1.807) is 0 Å². The van der Waals surface area contributed by atoms with Gasteiger partial charge in [-0.3, -0.25) is 0 Å². The zero-order valence-electron chi connectivity index (χ0n) is 8.46. The zero-order valence-corrected chi connectivity index (χ0v) is 8.46. The first-order valence-electron chi connectivity index (χ1n) is 4.31. The van der Waals surface area contributed by atoms with Crippen LogP contribution >= 0.6 is 0 Å². The molecule has 0 saturated carbocycles. The van der Waals surface area contributed by atoms with Gasteiger partial charge >= 0.3 is 0 Å². The van der Waals surface area contributed by atoms with Crippen LogP contribution < -0.4 is 0 Å². The molecule has 0 aromatic heterocycles. The Morgan fingerprint density at radius 2 is 1.00 bits per heavy atom. The SMILES string of the molecule is C/C=C\C.Cc1ccc(C)cc1. The Bertz CT molecular complexity index is 191. The lowest BCUT2D eigenvalue weighted by molar-refractivity contribution is 1.40. The van der Waals surface area contributed by atoms with E-state index in [0.29, 0.717) is 0 Å². The molecule has 0 fully saturated rings. The second-order valence-corrected chi connectivity index (χ2v) is 2.82. The van der Waals surface area contributed by atoms with Gasteiger partial charge in [0.25, 0.3) is 0 Å². The molecule has 0 unspecified atom stereocenters. The van der Waals surface area contributed by atoms with Crippen molar-refractivity contribution in [3.05, 3.63) is 47.5 Å². The Labute approximate surface area is 75.9 Å². The topological polar surface area (TPSA) is 0 Å². The first-order chi connectivity index (χ1) is 5.70. The van der Waals surface area contributed by atoms with Crippen LogP contribution in [0.1, 0.15) is 25.0 Å². The van der Waals surface area contributed by atoms with E-state index in [1.807, 2.05) is 26.0 Å². The van der Waals surface area contributed by atoms with Gasteiger partial charge in [-0.25, -0.2) is 0 Å². The van der Waals surface area contributed by atoms with Gasteiger partial charge in [-0.2, -0.15) is 0 Å². The van der Waals surface area contributed by atoms with Gasteiger partial charge in [-0.1, -0.05) is 47.5 Å². The standard InChI is InChI=1S/C8H10.C4H8/c1-7-3-5-8(2)6-4-7;1-3-4-2/h3-6H,1-2H3;3-4H,1-2H3/b;4-3-. The summed E-state index contributed by atoms with van der Waals surface area (Å²) < 4.78 is 0. The van der Waals surface area contributed by atoms with Gasteiger partial charge in [0.2, 0.25) is 0 Å². The zero-order chi connectivity index (χ0) is 9.40. The molecule has 0 aliphatic carbocycles. The lowest BCUT2D eigenvalue weighted by atomic mass is 10.2. The summed E-state index contributed by atoms with van der Waals surface area (Å²) in [4.78, 5) is 0. The van der Waals surface area contributed by atoms with E-state index in [0.717, 1.165) is 0 Å². The predicted molar refractivity (Wildman–Crippen MR) is 56.4 cm³/mol. The third-order valence-electron chi connectivity index (χ3n) is 1.55. The highest BCUT2D eigenvalue weighted by Crippen LogP contribution is 1.99. The highest BCUT2D eigenvalue weighted by molar-refractivity contribution is 5.19. The number of aryl methyl sites for hydroxylation is 2. The highest BCUT2D eigenvalue weighted by atomic mass is 13.9. The molecule has 0 bridgehead atoms. The van der Waals surface area contributed by atoms with E-state index in [1.165, 1.54) is 11.1 Å². The highest BCUT2D eigenvalue weighted by Gasteiger charge is 1.79. The van der Waals surface area contributed by atoms with Crippen molar-refractivity contribution in [1.82, 2.24) is 0 Å². The summed E-state index contributed by atoms with van der Waals surface area (Å²) in [6, 6.07) is 8.48. The molecule has 0 atom stereocenters. The number of allylic oxidation sites excluding steroid dienone is 2. The van der Waals surface area contributed by atoms with Crippen LogP contribution in [0, 0.1) is 13.8 Å². The second kappa shape index (κ2) is 6.66. The van der Waals surface area contributed by atoms with Crippen LogP contribution in [0.15, 0.2) is 36.4 Å². The summed E-state index contributed by atoms with van der Waals surface area (Å²) in [5.41, 5.74) is 2.66. The number of benzene rings is 1. The van der Waals surface area contributed by atoms with Crippen molar-refractivity contribution in [3.63, 3.8) is 0 Å². The smallest absolute Gasteiger partial charge is 0.0398 e. The van der Waals surface area contributed by atoms with Crippen molar-refractivity contribution < 1.29 is 0 Å². The molecule has 0 aliphatic heterocycles. The molecule has 12 heavy (non-hydrogen) atoms. The van der Waals surface area contributed by atoms with Gasteiger partial charge in [-0.15, -0.1) is 0 Å². The molecule has 0 heteroatoms. The fraction of sp³-hybridized carbons (Fsp3) is 0.333. The maximum atomic E-state index is 2.12. The average Bonchev–Trinajstić information content (AvgIpc) is 2.11. The van der Waals surface area contributed by atoms with Crippen LogP contribution in [0.2, 0.25) is 0 Å². The van der Waals surface area contributed by atoms with Gasteiger partial charge in [0.1, 0.15) is 0 Å². The summed E-state index contributed by atoms with van der Waals surface area (Å²) in [5, 5.41) is 0. The summed E-state index contributed by atoms with van der Waals surface area (Å²) >= 11 is 0. The maximum Gasteiger partial charge on any atom is -0.0398 e. The Balaban J connectivity index is 0.000000261. The van der Waals surface area contributed by atoms with E-state index in [2.05, 4.69) is 38.1 Å². The third kappa shape index (κ3) is 5.72. The molecule has 0 spiro atoms. The minimum absolute atomic E-state index is 1.33. The van der Waals surface area contributed by atoms with Crippen molar-refractivity contribution in [2.45, 2.75) is 27.7 Å².